The van der Waals surface area contributed by atoms with Gasteiger partial charge in [-0.15, -0.1) is 5.10 Å². The Kier molecular flexibility index (Phi) is 3.53. The first-order valence-electron chi connectivity index (χ1n) is 4.95. The van der Waals surface area contributed by atoms with E-state index in [1.54, 1.807) is 13.0 Å². The van der Waals surface area contributed by atoms with Crippen molar-refractivity contribution >= 4 is 29.1 Å². The molecule has 0 radical (unpaired) electrons. The van der Waals surface area contributed by atoms with Crippen molar-refractivity contribution in [3.63, 3.8) is 0 Å². The number of hydrogen-bond donors (Lipinski definition) is 1. The molecular formula is C11H10FN3OS. The van der Waals surface area contributed by atoms with E-state index in [-0.39, 0.29) is 11.7 Å². The second-order valence-electron chi connectivity index (χ2n) is 3.49. The fourth-order valence-corrected chi connectivity index (χ4v) is 1.94. The average Bonchev–Trinajstić information content (AvgIpc) is 2.68. The molecule has 17 heavy (non-hydrogen) atoms. The van der Waals surface area contributed by atoms with Crippen LogP contribution < -0.4 is 5.32 Å². The standard InChI is InChI=1S/C11H10FN3OS/c1-7-4-9(12)3-2-8(7)5-13-15-11-14-10(16)6-17-11/h2-5H,6H2,1H3,(H,14,15,16). The van der Waals surface area contributed by atoms with E-state index in [4.69, 9.17) is 0 Å². The number of hydrogen-bond acceptors (Lipinski definition) is 4. The number of benzene rings is 1. The molecule has 0 atom stereocenters. The van der Waals surface area contributed by atoms with Gasteiger partial charge >= 0.3 is 0 Å². The topological polar surface area (TPSA) is 53.8 Å². The minimum absolute atomic E-state index is 0.0677. The number of halogens is 1. The first-order chi connectivity index (χ1) is 8.15. The van der Waals surface area contributed by atoms with Gasteiger partial charge in [0.15, 0.2) is 5.17 Å². The summed E-state index contributed by atoms with van der Waals surface area (Å²) in [7, 11) is 0. The number of rotatable bonds is 2. The molecule has 6 heteroatoms. The maximum absolute atomic E-state index is 12.8. The fourth-order valence-electron chi connectivity index (χ4n) is 1.31. The Morgan fingerprint density at radius 1 is 1.53 bits per heavy atom. The van der Waals surface area contributed by atoms with Crippen molar-refractivity contribution in [2.24, 2.45) is 10.2 Å². The van der Waals surface area contributed by atoms with E-state index in [9.17, 15) is 9.18 Å². The zero-order valence-corrected chi connectivity index (χ0v) is 9.92. The van der Waals surface area contributed by atoms with Gasteiger partial charge in [0.25, 0.3) is 0 Å². The maximum Gasteiger partial charge on any atom is 0.236 e. The molecule has 2 rings (SSSR count). The lowest BCUT2D eigenvalue weighted by atomic mass is 10.1. The van der Waals surface area contributed by atoms with Crippen LogP contribution in [0.3, 0.4) is 0 Å². The molecule has 1 aliphatic heterocycles. The second-order valence-corrected chi connectivity index (χ2v) is 4.45. The predicted octanol–water partition coefficient (Wildman–Crippen LogP) is 1.69. The molecule has 1 aromatic carbocycles. The molecule has 1 fully saturated rings. The third kappa shape index (κ3) is 3.13. The van der Waals surface area contributed by atoms with E-state index in [0.29, 0.717) is 10.9 Å². The molecule has 0 spiro atoms. The van der Waals surface area contributed by atoms with Crippen LogP contribution in [0.25, 0.3) is 0 Å². The normalized spacial score (nSPS) is 18.0. The molecule has 0 bridgehead atoms. The van der Waals surface area contributed by atoms with Gasteiger partial charge < -0.3 is 5.32 Å². The highest BCUT2D eigenvalue weighted by Crippen LogP contribution is 2.10. The summed E-state index contributed by atoms with van der Waals surface area (Å²) in [6.07, 6.45) is 1.53. The van der Waals surface area contributed by atoms with Crippen molar-refractivity contribution < 1.29 is 9.18 Å². The molecule has 4 nitrogen and oxygen atoms in total. The van der Waals surface area contributed by atoms with Gasteiger partial charge in [0, 0.05) is 0 Å². The summed E-state index contributed by atoms with van der Waals surface area (Å²) in [5.74, 6) is 0.0377. The van der Waals surface area contributed by atoms with Crippen molar-refractivity contribution in [2.75, 3.05) is 5.75 Å². The SMILES string of the molecule is Cc1cc(F)ccc1C=NN=C1NC(=O)CS1. The maximum atomic E-state index is 12.8. The first kappa shape index (κ1) is 11.8. The number of amides is 1. The Balaban J connectivity index is 2.08. The molecule has 1 saturated heterocycles. The lowest BCUT2D eigenvalue weighted by Crippen LogP contribution is -2.19. The van der Waals surface area contributed by atoms with Gasteiger partial charge in [-0.25, -0.2) is 4.39 Å². The zero-order valence-electron chi connectivity index (χ0n) is 9.11. The van der Waals surface area contributed by atoms with E-state index in [1.165, 1.54) is 30.1 Å². The van der Waals surface area contributed by atoms with E-state index in [1.807, 2.05) is 0 Å². The van der Waals surface area contributed by atoms with Crippen LogP contribution in [-0.4, -0.2) is 23.0 Å². The molecule has 1 aromatic rings. The van der Waals surface area contributed by atoms with Crippen LogP contribution in [0.2, 0.25) is 0 Å². The van der Waals surface area contributed by atoms with Crippen LogP contribution in [0, 0.1) is 12.7 Å². The number of amidine groups is 1. The summed E-state index contributed by atoms with van der Waals surface area (Å²) in [6, 6.07) is 4.43. The molecule has 1 N–H and O–H groups in total. The molecule has 0 aromatic heterocycles. The average molecular weight is 251 g/mol. The van der Waals surface area contributed by atoms with Crippen LogP contribution in [0.5, 0.6) is 0 Å². The second kappa shape index (κ2) is 5.09. The lowest BCUT2D eigenvalue weighted by molar-refractivity contribution is -0.116. The first-order valence-corrected chi connectivity index (χ1v) is 5.93. The number of nitrogens with zero attached hydrogens (tertiary/aromatic N) is 2. The molecule has 1 aliphatic rings. The van der Waals surface area contributed by atoms with Gasteiger partial charge in [-0.05, 0) is 30.2 Å². The largest absolute Gasteiger partial charge is 0.303 e. The summed E-state index contributed by atoms with van der Waals surface area (Å²) in [4.78, 5) is 10.9. The lowest BCUT2D eigenvalue weighted by Gasteiger charge is -1.98. The summed E-state index contributed by atoms with van der Waals surface area (Å²) >= 11 is 1.31. The zero-order chi connectivity index (χ0) is 12.3. The van der Waals surface area contributed by atoms with Crippen LogP contribution in [0.15, 0.2) is 28.4 Å². The predicted molar refractivity (Wildman–Crippen MR) is 66.8 cm³/mol. The van der Waals surface area contributed by atoms with E-state index >= 15 is 0 Å². The molecule has 1 heterocycles. The van der Waals surface area contributed by atoms with Crippen LogP contribution in [0.4, 0.5) is 4.39 Å². The highest BCUT2D eigenvalue weighted by Gasteiger charge is 2.15. The van der Waals surface area contributed by atoms with Gasteiger partial charge in [0.05, 0.1) is 12.0 Å². The van der Waals surface area contributed by atoms with Crippen molar-refractivity contribution in [3.8, 4) is 0 Å². The summed E-state index contributed by atoms with van der Waals surface area (Å²) < 4.78 is 12.8. The smallest absolute Gasteiger partial charge is 0.236 e. The Bertz CT molecular complexity index is 513. The van der Waals surface area contributed by atoms with Gasteiger partial charge in [-0.2, -0.15) is 5.10 Å². The van der Waals surface area contributed by atoms with E-state index in [0.717, 1.165) is 11.1 Å². The minimum atomic E-state index is -0.274. The molecular weight excluding hydrogens is 241 g/mol. The van der Waals surface area contributed by atoms with Crippen LogP contribution in [0.1, 0.15) is 11.1 Å². The highest BCUT2D eigenvalue weighted by molar-refractivity contribution is 8.15. The number of aryl methyl sites for hydroxylation is 1. The summed E-state index contributed by atoms with van der Waals surface area (Å²) in [6.45, 7) is 1.80. The Labute approximate surface area is 102 Å². The molecule has 0 unspecified atom stereocenters. The van der Waals surface area contributed by atoms with Gasteiger partial charge in [0.2, 0.25) is 5.91 Å². The van der Waals surface area contributed by atoms with Crippen LogP contribution >= 0.6 is 11.8 Å². The highest BCUT2D eigenvalue weighted by atomic mass is 32.2. The van der Waals surface area contributed by atoms with Crippen molar-refractivity contribution in [1.82, 2.24) is 5.32 Å². The van der Waals surface area contributed by atoms with E-state index in [2.05, 4.69) is 15.5 Å². The Morgan fingerprint density at radius 2 is 2.35 bits per heavy atom. The number of carbonyl (C=O) groups excluding carboxylic acids is 1. The van der Waals surface area contributed by atoms with Gasteiger partial charge in [-0.1, -0.05) is 17.8 Å². The van der Waals surface area contributed by atoms with Gasteiger partial charge in [-0.3, -0.25) is 4.79 Å². The Morgan fingerprint density at radius 3 is 3.00 bits per heavy atom. The molecule has 0 saturated carbocycles. The number of carbonyl (C=O) groups is 1. The Hall–Kier alpha value is -1.69. The summed E-state index contributed by atoms with van der Waals surface area (Å²) in [5.41, 5.74) is 1.59. The number of nitrogens with one attached hydrogen (secondary N) is 1. The van der Waals surface area contributed by atoms with Crippen molar-refractivity contribution in [3.05, 3.63) is 35.1 Å². The minimum Gasteiger partial charge on any atom is -0.303 e. The third-order valence-corrected chi connectivity index (χ3v) is 3.03. The van der Waals surface area contributed by atoms with Crippen molar-refractivity contribution in [2.45, 2.75) is 6.92 Å². The van der Waals surface area contributed by atoms with E-state index < -0.39 is 0 Å². The quantitative estimate of drug-likeness (QED) is 0.642. The third-order valence-electron chi connectivity index (χ3n) is 2.16. The number of thioether (sulfide) groups is 1. The monoisotopic (exact) mass is 251 g/mol. The van der Waals surface area contributed by atoms with Crippen molar-refractivity contribution in [1.29, 1.82) is 0 Å². The fraction of sp³-hybridized carbons (Fsp3) is 0.182. The molecule has 88 valence electrons. The summed E-state index contributed by atoms with van der Waals surface area (Å²) in [5, 5.41) is 10.8. The van der Waals surface area contributed by atoms with Gasteiger partial charge in [0.1, 0.15) is 5.82 Å². The molecule has 0 aliphatic carbocycles. The molecule has 1 amide bonds. The van der Waals surface area contributed by atoms with Crippen LogP contribution in [-0.2, 0) is 4.79 Å².